The average Bonchev–Trinajstić information content (AvgIpc) is 3.23. The van der Waals surface area contributed by atoms with Crippen molar-refractivity contribution in [2.75, 3.05) is 20.6 Å². The molecule has 1 amide bonds. The van der Waals surface area contributed by atoms with Crippen molar-refractivity contribution in [1.82, 2.24) is 9.80 Å². The number of likely N-dealkylation sites (N-methyl/N-ethyl adjacent to an activating group) is 1. The van der Waals surface area contributed by atoms with Gasteiger partial charge in [0.15, 0.2) is 11.4 Å². The lowest BCUT2D eigenvalue weighted by Crippen LogP contribution is -2.63. The van der Waals surface area contributed by atoms with E-state index >= 15 is 4.39 Å². The topological polar surface area (TPSA) is 148 Å². The number of carbonyl (C=O) groups excluding carboxylic acids is 2. The molecule has 4 aliphatic rings. The zero-order valence-corrected chi connectivity index (χ0v) is 21.8. The Morgan fingerprint density at radius 1 is 1.32 bits per heavy atom. The Morgan fingerprint density at radius 3 is 2.58 bits per heavy atom. The Kier molecular flexibility index (Phi) is 6.20. The molecule has 6 N–H and O–H groups in total. The Bertz CT molecular complexity index is 1330. The van der Waals surface area contributed by atoms with Gasteiger partial charge in [-0.3, -0.25) is 19.4 Å². The molecule has 0 spiro atoms. The molecule has 3 aliphatic carbocycles. The molecule has 2 fully saturated rings. The highest BCUT2D eigenvalue weighted by Crippen LogP contribution is 2.54. The minimum absolute atomic E-state index is 0.00953. The van der Waals surface area contributed by atoms with E-state index < -0.39 is 58.1 Å². The first kappa shape index (κ1) is 26.4. The number of nitrogens with two attached hydrogens (primary N) is 1. The van der Waals surface area contributed by atoms with Crippen molar-refractivity contribution in [2.45, 2.75) is 56.8 Å². The second kappa shape index (κ2) is 8.93. The summed E-state index contributed by atoms with van der Waals surface area (Å²) >= 11 is 0. The summed E-state index contributed by atoms with van der Waals surface area (Å²) in [5.74, 6) is -5.48. The van der Waals surface area contributed by atoms with Gasteiger partial charge in [0.1, 0.15) is 23.1 Å². The summed E-state index contributed by atoms with van der Waals surface area (Å²) < 4.78 is 15.9. The smallest absolute Gasteiger partial charge is 0.252 e. The summed E-state index contributed by atoms with van der Waals surface area (Å²) in [7, 11) is 3.25. The molecule has 0 radical (unpaired) electrons. The molecule has 1 heterocycles. The van der Waals surface area contributed by atoms with E-state index in [4.69, 9.17) is 5.73 Å². The molecule has 1 aliphatic heterocycles. The van der Waals surface area contributed by atoms with Crippen LogP contribution in [-0.4, -0.2) is 80.2 Å². The monoisotopic (exact) mass is 527 g/mol. The van der Waals surface area contributed by atoms with E-state index in [0.29, 0.717) is 12.1 Å². The summed E-state index contributed by atoms with van der Waals surface area (Å²) in [5.41, 5.74) is 2.47. The van der Waals surface area contributed by atoms with Gasteiger partial charge in [0.25, 0.3) is 5.91 Å². The van der Waals surface area contributed by atoms with Gasteiger partial charge in [-0.25, -0.2) is 4.39 Å². The molecular formula is C28H34FN3O6. The largest absolute Gasteiger partial charge is 0.510 e. The molecular weight excluding hydrogens is 493 g/mol. The van der Waals surface area contributed by atoms with Crippen LogP contribution in [0.1, 0.15) is 42.9 Å². The number of hydrogen-bond acceptors (Lipinski definition) is 8. The number of primary amides is 1. The normalized spacial score (nSPS) is 31.5. The first-order chi connectivity index (χ1) is 17.8. The number of aliphatic hydroxyl groups excluding tert-OH is 2. The molecule has 1 aromatic rings. The molecule has 5 atom stereocenters. The van der Waals surface area contributed by atoms with Crippen LogP contribution in [0.5, 0.6) is 5.75 Å². The number of ketones is 1. The number of aliphatic hydroxyl groups is 3. The van der Waals surface area contributed by atoms with E-state index in [1.54, 1.807) is 19.0 Å². The lowest BCUT2D eigenvalue weighted by atomic mass is 9.56. The van der Waals surface area contributed by atoms with Crippen molar-refractivity contribution >= 4 is 17.4 Å². The van der Waals surface area contributed by atoms with Crippen LogP contribution in [0.3, 0.4) is 0 Å². The molecule has 1 saturated carbocycles. The second-order valence-corrected chi connectivity index (χ2v) is 11.3. The highest BCUT2D eigenvalue weighted by atomic mass is 19.1. The van der Waals surface area contributed by atoms with Crippen LogP contribution in [-0.2, 0) is 22.6 Å². The minimum atomic E-state index is -2.34. The Morgan fingerprint density at radius 2 is 2.00 bits per heavy atom. The van der Waals surface area contributed by atoms with Crippen molar-refractivity contribution in [3.63, 3.8) is 0 Å². The number of rotatable bonds is 4. The zero-order valence-electron chi connectivity index (χ0n) is 21.8. The number of hydrogen-bond donors (Lipinski definition) is 5. The maximum atomic E-state index is 15.9. The molecule has 204 valence electrons. The van der Waals surface area contributed by atoms with Crippen LogP contribution in [0.4, 0.5) is 4.39 Å². The third-order valence-corrected chi connectivity index (χ3v) is 8.98. The number of benzene rings is 1. The lowest BCUT2D eigenvalue weighted by molar-refractivity contribution is -0.143. The van der Waals surface area contributed by atoms with Crippen LogP contribution >= 0.6 is 0 Å². The number of nitrogens with zero attached hydrogens (tertiary/aromatic N) is 2. The quantitative estimate of drug-likeness (QED) is 0.400. The van der Waals surface area contributed by atoms with Crippen LogP contribution in [0.15, 0.2) is 35.1 Å². The van der Waals surface area contributed by atoms with Crippen LogP contribution in [0.25, 0.3) is 5.76 Å². The van der Waals surface area contributed by atoms with Gasteiger partial charge in [0.2, 0.25) is 0 Å². The summed E-state index contributed by atoms with van der Waals surface area (Å²) in [6.07, 6.45) is 2.11. The van der Waals surface area contributed by atoms with E-state index in [2.05, 4.69) is 18.4 Å². The number of likely N-dealkylation sites (tertiary alicyclic amines) is 1. The third-order valence-electron chi connectivity index (χ3n) is 8.98. The molecule has 0 unspecified atom stereocenters. The van der Waals surface area contributed by atoms with Gasteiger partial charge < -0.3 is 26.2 Å². The van der Waals surface area contributed by atoms with Crippen LogP contribution < -0.4 is 5.73 Å². The van der Waals surface area contributed by atoms with Crippen LogP contribution in [0, 0.1) is 17.7 Å². The predicted octanol–water partition coefficient (Wildman–Crippen LogP) is 2.07. The maximum Gasteiger partial charge on any atom is 0.252 e. The highest BCUT2D eigenvalue weighted by molar-refractivity contribution is 6.13. The summed E-state index contributed by atoms with van der Waals surface area (Å²) in [6, 6.07) is 0.618. The molecule has 0 bridgehead atoms. The third kappa shape index (κ3) is 3.54. The lowest BCUT2D eigenvalue weighted by Gasteiger charge is -2.52. The molecule has 0 aromatic heterocycles. The van der Waals surface area contributed by atoms with Gasteiger partial charge in [-0.15, -0.1) is 0 Å². The van der Waals surface area contributed by atoms with Crippen LogP contribution in [0.2, 0.25) is 0 Å². The molecule has 1 saturated heterocycles. The minimum Gasteiger partial charge on any atom is -0.510 e. The molecule has 10 heteroatoms. The van der Waals surface area contributed by atoms with E-state index in [1.165, 1.54) is 6.07 Å². The summed E-state index contributed by atoms with van der Waals surface area (Å²) in [6.45, 7) is 6.96. The van der Waals surface area contributed by atoms with Crippen molar-refractivity contribution in [3.05, 3.63) is 57.6 Å². The Labute approximate surface area is 220 Å². The van der Waals surface area contributed by atoms with Gasteiger partial charge in [0, 0.05) is 40.8 Å². The van der Waals surface area contributed by atoms with E-state index in [0.717, 1.165) is 19.4 Å². The number of halogens is 1. The van der Waals surface area contributed by atoms with Crippen molar-refractivity contribution in [3.8, 4) is 5.75 Å². The maximum absolute atomic E-state index is 15.9. The molecule has 38 heavy (non-hydrogen) atoms. The van der Waals surface area contributed by atoms with Gasteiger partial charge in [-0.05, 0) is 65.2 Å². The number of phenolic OH excluding ortho intramolecular Hbond substituents is 1. The van der Waals surface area contributed by atoms with Gasteiger partial charge in [0.05, 0.1) is 17.2 Å². The first-order valence-electron chi connectivity index (χ1n) is 12.9. The first-order valence-corrected chi connectivity index (χ1v) is 12.9. The fourth-order valence-corrected chi connectivity index (χ4v) is 7.08. The van der Waals surface area contributed by atoms with Crippen molar-refractivity contribution in [1.29, 1.82) is 0 Å². The number of fused-ring (bicyclic) bond motifs is 3. The number of aromatic hydroxyl groups is 1. The summed E-state index contributed by atoms with van der Waals surface area (Å²) in [4.78, 5) is 29.8. The fourth-order valence-electron chi connectivity index (χ4n) is 7.08. The van der Waals surface area contributed by atoms with Gasteiger partial charge in [-0.2, -0.15) is 0 Å². The van der Waals surface area contributed by atoms with E-state index in [9.17, 15) is 30.0 Å². The van der Waals surface area contributed by atoms with Crippen molar-refractivity contribution < 1.29 is 34.4 Å². The average molecular weight is 528 g/mol. The van der Waals surface area contributed by atoms with E-state index in [-0.39, 0.29) is 46.9 Å². The van der Waals surface area contributed by atoms with E-state index in [1.807, 2.05) is 0 Å². The highest BCUT2D eigenvalue weighted by Gasteiger charge is 2.62. The Balaban J connectivity index is 1.63. The number of amides is 1. The SMILES string of the molecule is C=C1C(C(N)=O)=C(O)[C@@H](N(C)C)[C@@H]2C[C@@H]3Cc4c(F)c(CN5CCC[C@H]5C)cc(O)c4C(O)=C3C(=O)[C@]12O. The Hall–Kier alpha value is -3.21. The predicted molar refractivity (Wildman–Crippen MR) is 137 cm³/mol. The number of Topliss-reactive ketones (excluding diaryl/α,β-unsaturated/α-hetero) is 1. The number of carbonyl (C=O) groups is 2. The standard InChI is InChI=1S/C28H34FN3O6/c1-12-6-5-7-32(12)11-15-10-18(33)21-16(22(15)29)8-14-9-17-23(31(3)4)25(35)19(27(30)37)13(2)28(17,38)26(36)20(14)24(21)34/h10,12,14,17,23,33-35,38H,2,5-9,11H2,1,3-4H3,(H2,30,37)/t12-,14+,17+,23+,28+/m1/s1. The summed E-state index contributed by atoms with van der Waals surface area (Å²) in [5, 5.41) is 44.9. The number of phenols is 1. The zero-order chi connectivity index (χ0) is 27.8. The molecule has 1 aromatic carbocycles. The van der Waals surface area contributed by atoms with Gasteiger partial charge in [-0.1, -0.05) is 6.58 Å². The van der Waals surface area contributed by atoms with Crippen molar-refractivity contribution in [2.24, 2.45) is 17.6 Å². The molecule has 5 rings (SSSR count). The second-order valence-electron chi connectivity index (χ2n) is 11.3. The molecule has 9 nitrogen and oxygen atoms in total. The van der Waals surface area contributed by atoms with Gasteiger partial charge >= 0.3 is 0 Å². The fraction of sp³-hybridized carbons (Fsp3) is 0.500.